The molecule has 0 aliphatic carbocycles. The summed E-state index contributed by atoms with van der Waals surface area (Å²) in [5, 5.41) is 10.0. The lowest BCUT2D eigenvalue weighted by Gasteiger charge is -2.37. The first kappa shape index (κ1) is 22.7. The number of nitrogens with one attached hydrogen (secondary N) is 1. The fraction of sp³-hybridized carbons (Fsp3) is 0.226. The summed E-state index contributed by atoms with van der Waals surface area (Å²) in [6.45, 7) is 3.48. The molecule has 7 heteroatoms. The van der Waals surface area contributed by atoms with Gasteiger partial charge >= 0.3 is 0 Å². The van der Waals surface area contributed by atoms with E-state index in [0.717, 1.165) is 44.2 Å². The molecule has 2 aliphatic heterocycles. The van der Waals surface area contributed by atoms with Crippen molar-refractivity contribution in [2.24, 2.45) is 0 Å². The van der Waals surface area contributed by atoms with Gasteiger partial charge in [-0.3, -0.25) is 19.3 Å². The Morgan fingerprint density at radius 1 is 0.974 bits per heavy atom. The Hall–Kier alpha value is -4.52. The molecule has 3 aromatic carbocycles. The second-order valence-corrected chi connectivity index (χ2v) is 10.4. The van der Waals surface area contributed by atoms with E-state index in [9.17, 15) is 9.59 Å². The van der Waals surface area contributed by atoms with E-state index in [0.29, 0.717) is 32.5 Å². The van der Waals surface area contributed by atoms with E-state index < -0.39 is 5.41 Å². The van der Waals surface area contributed by atoms with Crippen molar-refractivity contribution >= 4 is 39.3 Å². The summed E-state index contributed by atoms with van der Waals surface area (Å²) in [5.41, 5.74) is 6.72. The predicted octanol–water partition coefficient (Wildman–Crippen LogP) is 5.13. The molecule has 7 rings (SSSR count). The number of amides is 2. The highest BCUT2D eigenvalue weighted by Gasteiger charge is 2.48. The summed E-state index contributed by atoms with van der Waals surface area (Å²) in [7, 11) is 0. The standard InChI is InChI=1S/C31H27N5O2/c1-20(37)35-13-10-31(11-14-35)26-8-7-22(16-28(26)34-30(31)38)23-5-6-25-18-33-36(29(25)17-23)19-21-4-9-27-24(15-21)3-2-12-32-27/h2-9,12,15-18H,10-11,13-14,19H2,1H3,(H,34,38). The second kappa shape index (κ2) is 8.52. The van der Waals surface area contributed by atoms with Crippen LogP contribution >= 0.6 is 0 Å². The van der Waals surface area contributed by atoms with Crippen LogP contribution in [0.1, 0.15) is 30.9 Å². The van der Waals surface area contributed by atoms with Gasteiger partial charge in [0, 0.05) is 42.7 Å². The van der Waals surface area contributed by atoms with Gasteiger partial charge in [-0.1, -0.05) is 36.4 Å². The molecule has 0 radical (unpaired) electrons. The number of pyridine rings is 1. The highest BCUT2D eigenvalue weighted by molar-refractivity contribution is 6.07. The van der Waals surface area contributed by atoms with Crippen molar-refractivity contribution < 1.29 is 9.59 Å². The van der Waals surface area contributed by atoms with Crippen molar-refractivity contribution in [2.45, 2.75) is 31.7 Å². The van der Waals surface area contributed by atoms with E-state index in [-0.39, 0.29) is 11.8 Å². The topological polar surface area (TPSA) is 80.1 Å². The number of fused-ring (bicyclic) bond motifs is 4. The van der Waals surface area contributed by atoms with Gasteiger partial charge in [0.1, 0.15) is 0 Å². The number of rotatable bonds is 3. The van der Waals surface area contributed by atoms with E-state index >= 15 is 0 Å². The minimum absolute atomic E-state index is 0.0481. The van der Waals surface area contributed by atoms with Gasteiger partial charge in [-0.25, -0.2) is 0 Å². The molecule has 0 bridgehead atoms. The highest BCUT2D eigenvalue weighted by Crippen LogP contribution is 2.46. The van der Waals surface area contributed by atoms with E-state index in [1.165, 1.54) is 5.56 Å². The summed E-state index contributed by atoms with van der Waals surface area (Å²) in [6, 6.07) is 23.0. The lowest BCUT2D eigenvalue weighted by molar-refractivity contribution is -0.133. The molecule has 7 nitrogen and oxygen atoms in total. The third-order valence-corrected chi connectivity index (χ3v) is 8.26. The first-order valence-electron chi connectivity index (χ1n) is 13.0. The zero-order chi connectivity index (χ0) is 25.9. The molecule has 1 spiro atoms. The highest BCUT2D eigenvalue weighted by atomic mass is 16.2. The number of piperidine rings is 1. The van der Waals surface area contributed by atoms with Gasteiger partial charge in [0.2, 0.25) is 11.8 Å². The molecule has 2 aliphatic rings. The third kappa shape index (κ3) is 3.57. The van der Waals surface area contributed by atoms with Gasteiger partial charge in [0.25, 0.3) is 0 Å². The smallest absolute Gasteiger partial charge is 0.235 e. The molecule has 0 unspecified atom stereocenters. The van der Waals surface area contributed by atoms with Crippen molar-refractivity contribution in [3.63, 3.8) is 0 Å². The fourth-order valence-electron chi connectivity index (χ4n) is 6.08. The Labute approximate surface area is 220 Å². The van der Waals surface area contributed by atoms with Gasteiger partial charge in [-0.05, 0) is 65.4 Å². The Morgan fingerprint density at radius 2 is 1.79 bits per heavy atom. The molecule has 188 valence electrons. The molecule has 1 N–H and O–H groups in total. The zero-order valence-electron chi connectivity index (χ0n) is 21.1. The first-order valence-corrected chi connectivity index (χ1v) is 13.0. The average molecular weight is 502 g/mol. The SMILES string of the molecule is CC(=O)N1CCC2(CC1)C(=O)Nc1cc(-c3ccc4cnn(Cc5ccc6ncccc6c5)c4c3)ccc12. The lowest BCUT2D eigenvalue weighted by Crippen LogP contribution is -2.47. The Bertz CT molecular complexity index is 1750. The van der Waals surface area contributed by atoms with Crippen molar-refractivity contribution in [2.75, 3.05) is 18.4 Å². The maximum absolute atomic E-state index is 13.1. The van der Waals surface area contributed by atoms with Gasteiger partial charge in [0.05, 0.1) is 29.2 Å². The Morgan fingerprint density at radius 3 is 2.63 bits per heavy atom. The van der Waals surface area contributed by atoms with Crippen molar-refractivity contribution in [1.82, 2.24) is 19.7 Å². The normalized spacial score (nSPS) is 16.2. The quantitative estimate of drug-likeness (QED) is 0.372. The van der Waals surface area contributed by atoms with Crippen LogP contribution in [0.15, 0.2) is 79.1 Å². The van der Waals surface area contributed by atoms with Crippen molar-refractivity contribution in [3.8, 4) is 11.1 Å². The van der Waals surface area contributed by atoms with E-state index in [1.807, 2.05) is 28.0 Å². The molecule has 0 atom stereocenters. The largest absolute Gasteiger partial charge is 0.343 e. The number of nitrogens with zero attached hydrogens (tertiary/aromatic N) is 4. The van der Waals surface area contributed by atoms with Gasteiger partial charge in [0.15, 0.2) is 0 Å². The number of hydrogen-bond donors (Lipinski definition) is 1. The van der Waals surface area contributed by atoms with Crippen LogP contribution in [0.4, 0.5) is 5.69 Å². The van der Waals surface area contributed by atoms with E-state index in [4.69, 9.17) is 0 Å². The lowest BCUT2D eigenvalue weighted by atomic mass is 9.73. The van der Waals surface area contributed by atoms with Crippen LogP contribution in [0.5, 0.6) is 0 Å². The summed E-state index contributed by atoms with van der Waals surface area (Å²) in [4.78, 5) is 31.2. The van der Waals surface area contributed by atoms with Gasteiger partial charge < -0.3 is 10.2 Å². The minimum Gasteiger partial charge on any atom is -0.343 e. The van der Waals surface area contributed by atoms with E-state index in [1.54, 1.807) is 6.92 Å². The van der Waals surface area contributed by atoms with Crippen LogP contribution < -0.4 is 5.32 Å². The van der Waals surface area contributed by atoms with Crippen LogP contribution in [0.3, 0.4) is 0 Å². The number of hydrogen-bond acceptors (Lipinski definition) is 4. The summed E-state index contributed by atoms with van der Waals surface area (Å²) in [5.74, 6) is 0.119. The molecule has 4 heterocycles. The van der Waals surface area contributed by atoms with Crippen LogP contribution in [-0.2, 0) is 21.5 Å². The number of likely N-dealkylation sites (tertiary alicyclic amines) is 1. The van der Waals surface area contributed by atoms with Crippen LogP contribution in [0.2, 0.25) is 0 Å². The van der Waals surface area contributed by atoms with Crippen molar-refractivity contribution in [3.05, 3.63) is 90.3 Å². The summed E-state index contributed by atoms with van der Waals surface area (Å²) in [6.07, 6.45) is 5.02. The molecular formula is C31H27N5O2. The zero-order valence-corrected chi connectivity index (χ0v) is 21.1. The molecule has 2 aromatic heterocycles. The average Bonchev–Trinajstić information content (AvgIpc) is 3.46. The first-order chi connectivity index (χ1) is 18.5. The number of aromatic nitrogens is 3. The monoisotopic (exact) mass is 501 g/mol. The van der Waals surface area contributed by atoms with Crippen LogP contribution in [0, 0.1) is 0 Å². The third-order valence-electron chi connectivity index (χ3n) is 8.26. The maximum atomic E-state index is 13.1. The van der Waals surface area contributed by atoms with Crippen molar-refractivity contribution in [1.29, 1.82) is 0 Å². The van der Waals surface area contributed by atoms with Gasteiger partial charge in [-0.2, -0.15) is 5.10 Å². The Kier molecular flexibility index (Phi) is 5.08. The molecule has 1 saturated heterocycles. The predicted molar refractivity (Wildman–Crippen MR) is 148 cm³/mol. The second-order valence-electron chi connectivity index (χ2n) is 10.4. The fourth-order valence-corrected chi connectivity index (χ4v) is 6.08. The van der Waals surface area contributed by atoms with Crippen LogP contribution in [0.25, 0.3) is 32.9 Å². The number of carbonyl (C=O) groups is 2. The minimum atomic E-state index is -0.544. The molecule has 5 aromatic rings. The Balaban J connectivity index is 1.20. The number of benzene rings is 3. The summed E-state index contributed by atoms with van der Waals surface area (Å²) < 4.78 is 2.03. The van der Waals surface area contributed by atoms with Crippen LogP contribution in [-0.4, -0.2) is 44.6 Å². The summed E-state index contributed by atoms with van der Waals surface area (Å²) >= 11 is 0. The molecule has 2 amide bonds. The van der Waals surface area contributed by atoms with E-state index in [2.05, 4.69) is 76.1 Å². The number of carbonyl (C=O) groups excluding carboxylic acids is 2. The molecule has 0 saturated carbocycles. The molecular weight excluding hydrogens is 474 g/mol. The van der Waals surface area contributed by atoms with Gasteiger partial charge in [-0.15, -0.1) is 0 Å². The maximum Gasteiger partial charge on any atom is 0.235 e. The molecule has 1 fully saturated rings. The number of anilines is 1. The molecule has 38 heavy (non-hydrogen) atoms.